The molecule has 2 fully saturated rings. The zero-order valence-electron chi connectivity index (χ0n) is 15.0. The maximum absolute atomic E-state index is 13.2. The van der Waals surface area contributed by atoms with E-state index >= 15 is 0 Å². The van der Waals surface area contributed by atoms with E-state index in [1.165, 1.54) is 6.26 Å². The smallest absolute Gasteiger partial charge is 0.244 e. The highest BCUT2D eigenvalue weighted by molar-refractivity contribution is 7.92. The standard InChI is InChI=1S/C16H31N3O4S/c1-4-14-12-19(10-9-18(14)11-13(2)20)15(21)16(24(3,22)23)5-7-17-8-6-16/h13-14,17,20H,4-12H2,1-3H3. The Hall–Kier alpha value is -0.700. The number of piperidine rings is 1. The number of aliphatic hydroxyl groups excluding tert-OH is 1. The molecule has 0 bridgehead atoms. The maximum atomic E-state index is 13.2. The predicted molar refractivity (Wildman–Crippen MR) is 93.6 cm³/mol. The molecule has 2 rings (SSSR count). The van der Waals surface area contributed by atoms with Crippen molar-refractivity contribution in [1.29, 1.82) is 0 Å². The Labute approximate surface area is 145 Å². The molecule has 0 aliphatic carbocycles. The number of piperazine rings is 1. The molecule has 2 aliphatic heterocycles. The number of hydrogen-bond donors (Lipinski definition) is 2. The van der Waals surface area contributed by atoms with Gasteiger partial charge < -0.3 is 15.3 Å². The van der Waals surface area contributed by atoms with Gasteiger partial charge in [0.15, 0.2) is 14.6 Å². The van der Waals surface area contributed by atoms with Crippen LogP contribution in [0.25, 0.3) is 0 Å². The molecule has 2 heterocycles. The number of sulfone groups is 1. The Morgan fingerprint density at radius 2 is 1.96 bits per heavy atom. The first-order valence-electron chi connectivity index (χ1n) is 8.83. The first kappa shape index (κ1) is 19.6. The van der Waals surface area contributed by atoms with Gasteiger partial charge in [0.1, 0.15) is 0 Å². The summed E-state index contributed by atoms with van der Waals surface area (Å²) < 4.78 is 23.6. The zero-order chi connectivity index (χ0) is 18.0. The van der Waals surface area contributed by atoms with Crippen molar-refractivity contribution in [2.75, 3.05) is 45.5 Å². The summed E-state index contributed by atoms with van der Waals surface area (Å²) in [5.74, 6) is -0.235. The van der Waals surface area contributed by atoms with Crippen molar-refractivity contribution < 1.29 is 18.3 Å². The van der Waals surface area contributed by atoms with Gasteiger partial charge in [-0.15, -0.1) is 0 Å². The van der Waals surface area contributed by atoms with Crippen molar-refractivity contribution in [2.24, 2.45) is 0 Å². The van der Waals surface area contributed by atoms with Crippen LogP contribution in [-0.2, 0) is 14.6 Å². The third-order valence-electron chi connectivity index (χ3n) is 5.37. The van der Waals surface area contributed by atoms with E-state index in [-0.39, 0.29) is 11.9 Å². The lowest BCUT2D eigenvalue weighted by Gasteiger charge is -2.45. The van der Waals surface area contributed by atoms with Gasteiger partial charge in [-0.1, -0.05) is 6.92 Å². The van der Waals surface area contributed by atoms with E-state index < -0.39 is 20.7 Å². The molecule has 0 aromatic carbocycles. The number of nitrogens with one attached hydrogen (secondary N) is 1. The fourth-order valence-corrected chi connectivity index (χ4v) is 5.30. The first-order valence-corrected chi connectivity index (χ1v) is 10.7. The molecular formula is C16H31N3O4S. The van der Waals surface area contributed by atoms with Gasteiger partial charge in [0.25, 0.3) is 0 Å². The summed E-state index contributed by atoms with van der Waals surface area (Å²) in [5, 5.41) is 12.8. The molecule has 2 unspecified atom stereocenters. The molecule has 0 aromatic heterocycles. The van der Waals surface area contributed by atoms with Gasteiger partial charge in [-0.3, -0.25) is 9.69 Å². The maximum Gasteiger partial charge on any atom is 0.244 e. The molecule has 2 saturated heterocycles. The highest BCUT2D eigenvalue weighted by atomic mass is 32.2. The van der Waals surface area contributed by atoms with Crippen molar-refractivity contribution in [3.63, 3.8) is 0 Å². The average Bonchev–Trinajstić information content (AvgIpc) is 2.53. The lowest BCUT2D eigenvalue weighted by molar-refractivity contribution is -0.138. The minimum absolute atomic E-state index is 0.163. The van der Waals surface area contributed by atoms with Crippen molar-refractivity contribution in [2.45, 2.75) is 50.0 Å². The lowest BCUT2D eigenvalue weighted by Crippen LogP contribution is -2.63. The van der Waals surface area contributed by atoms with E-state index in [4.69, 9.17) is 0 Å². The number of nitrogens with zero attached hydrogens (tertiary/aromatic N) is 2. The number of β-amino-alcohol motifs (C(OH)–C–C–N with tert-alkyl or cyclic N) is 1. The fourth-order valence-electron chi connectivity index (χ4n) is 3.91. The summed E-state index contributed by atoms with van der Waals surface area (Å²) in [7, 11) is -3.48. The molecule has 1 amide bonds. The average molecular weight is 362 g/mol. The quantitative estimate of drug-likeness (QED) is 0.683. The third-order valence-corrected chi connectivity index (χ3v) is 7.38. The van der Waals surface area contributed by atoms with Crippen LogP contribution in [0.2, 0.25) is 0 Å². The van der Waals surface area contributed by atoms with Crippen LogP contribution in [0.15, 0.2) is 0 Å². The Balaban J connectivity index is 2.17. The summed E-state index contributed by atoms with van der Waals surface area (Å²) in [6.07, 6.45) is 2.33. The summed E-state index contributed by atoms with van der Waals surface area (Å²) in [4.78, 5) is 17.1. The molecule has 2 N–H and O–H groups in total. The van der Waals surface area contributed by atoms with E-state index in [2.05, 4.69) is 17.1 Å². The number of hydrogen-bond acceptors (Lipinski definition) is 6. The van der Waals surface area contributed by atoms with E-state index in [1.807, 2.05) is 0 Å². The minimum atomic E-state index is -3.48. The molecule has 0 saturated carbocycles. The van der Waals surface area contributed by atoms with Gasteiger partial charge >= 0.3 is 0 Å². The Kier molecular flexibility index (Phi) is 6.28. The number of carbonyl (C=O) groups excluding carboxylic acids is 1. The van der Waals surface area contributed by atoms with E-state index in [9.17, 15) is 18.3 Å². The van der Waals surface area contributed by atoms with Crippen LogP contribution < -0.4 is 5.32 Å². The molecule has 2 aliphatic rings. The van der Waals surface area contributed by atoms with Crippen LogP contribution in [0.4, 0.5) is 0 Å². The summed E-state index contributed by atoms with van der Waals surface area (Å²) in [5.41, 5.74) is 0. The van der Waals surface area contributed by atoms with Gasteiger partial charge in [-0.25, -0.2) is 8.42 Å². The first-order chi connectivity index (χ1) is 11.2. The number of amides is 1. The Morgan fingerprint density at radius 1 is 1.33 bits per heavy atom. The van der Waals surface area contributed by atoms with Gasteiger partial charge in [-0.05, 0) is 39.3 Å². The number of rotatable bonds is 5. The molecule has 2 atom stereocenters. The van der Waals surface area contributed by atoms with Crippen molar-refractivity contribution in [3.05, 3.63) is 0 Å². The predicted octanol–water partition coefficient (Wildman–Crippen LogP) is -0.543. The Bertz CT molecular complexity index is 544. The fraction of sp³-hybridized carbons (Fsp3) is 0.938. The molecule has 0 spiro atoms. The lowest BCUT2D eigenvalue weighted by atomic mass is 9.94. The van der Waals surface area contributed by atoms with Gasteiger partial charge in [0, 0.05) is 38.5 Å². The normalized spacial score (nSPS) is 27.0. The van der Waals surface area contributed by atoms with Crippen LogP contribution in [0.3, 0.4) is 0 Å². The molecular weight excluding hydrogens is 330 g/mol. The minimum Gasteiger partial charge on any atom is -0.392 e. The second-order valence-electron chi connectivity index (χ2n) is 7.17. The summed E-state index contributed by atoms with van der Waals surface area (Å²) in [6.45, 7) is 7.24. The summed E-state index contributed by atoms with van der Waals surface area (Å²) in [6, 6.07) is 0.163. The second kappa shape index (κ2) is 7.68. The van der Waals surface area contributed by atoms with Crippen molar-refractivity contribution >= 4 is 15.7 Å². The van der Waals surface area contributed by atoms with Crippen LogP contribution >= 0.6 is 0 Å². The highest BCUT2D eigenvalue weighted by Gasteiger charge is 2.51. The number of aliphatic hydroxyl groups is 1. The third kappa shape index (κ3) is 3.92. The van der Waals surface area contributed by atoms with Crippen molar-refractivity contribution in [1.82, 2.24) is 15.1 Å². The Morgan fingerprint density at radius 3 is 2.46 bits per heavy atom. The van der Waals surface area contributed by atoms with Crippen LogP contribution in [0.1, 0.15) is 33.1 Å². The molecule has 8 heteroatoms. The van der Waals surface area contributed by atoms with Crippen LogP contribution in [-0.4, -0.2) is 91.6 Å². The van der Waals surface area contributed by atoms with E-state index in [0.29, 0.717) is 52.1 Å². The molecule has 0 aromatic rings. The highest BCUT2D eigenvalue weighted by Crippen LogP contribution is 2.31. The van der Waals surface area contributed by atoms with Gasteiger partial charge in [0.2, 0.25) is 5.91 Å². The largest absolute Gasteiger partial charge is 0.392 e. The van der Waals surface area contributed by atoms with Gasteiger partial charge in [-0.2, -0.15) is 0 Å². The SMILES string of the molecule is CCC1CN(C(=O)C2(S(C)(=O)=O)CCNCC2)CCN1CC(C)O. The molecule has 7 nitrogen and oxygen atoms in total. The number of carbonyl (C=O) groups is 1. The topological polar surface area (TPSA) is 90.0 Å². The van der Waals surface area contributed by atoms with E-state index in [0.717, 1.165) is 6.42 Å². The molecule has 24 heavy (non-hydrogen) atoms. The monoisotopic (exact) mass is 361 g/mol. The summed E-state index contributed by atoms with van der Waals surface area (Å²) >= 11 is 0. The second-order valence-corrected chi connectivity index (χ2v) is 9.50. The zero-order valence-corrected chi connectivity index (χ0v) is 15.8. The van der Waals surface area contributed by atoms with Crippen LogP contribution in [0.5, 0.6) is 0 Å². The van der Waals surface area contributed by atoms with Gasteiger partial charge in [0.05, 0.1) is 6.10 Å². The van der Waals surface area contributed by atoms with Crippen molar-refractivity contribution in [3.8, 4) is 0 Å². The van der Waals surface area contributed by atoms with E-state index in [1.54, 1.807) is 11.8 Å². The molecule has 0 radical (unpaired) electrons. The molecule has 140 valence electrons. The van der Waals surface area contributed by atoms with Crippen LogP contribution in [0, 0.1) is 0 Å².